The SMILES string of the molecule is CNC(=O)C(Br)(Br)CBr. The molecule has 0 rings (SSSR count). The van der Waals surface area contributed by atoms with Crippen LogP contribution in [0, 0.1) is 0 Å². The minimum absolute atomic E-state index is 0.0978. The summed E-state index contributed by atoms with van der Waals surface area (Å²) in [5, 5.41) is 3.02. The van der Waals surface area contributed by atoms with Gasteiger partial charge in [0, 0.05) is 12.4 Å². The molecule has 2 nitrogen and oxygen atoms in total. The topological polar surface area (TPSA) is 29.1 Å². The molecule has 0 aliphatic rings. The molecule has 54 valence electrons. The minimum atomic E-state index is -0.658. The van der Waals surface area contributed by atoms with E-state index in [9.17, 15) is 4.79 Å². The predicted octanol–water partition coefficient (Wildman–Crippen LogP) is 1.61. The molecule has 0 saturated carbocycles. The quantitative estimate of drug-likeness (QED) is 0.769. The Morgan fingerprint density at radius 3 is 2.22 bits per heavy atom. The van der Waals surface area contributed by atoms with Crippen LogP contribution in [0.5, 0.6) is 0 Å². The van der Waals surface area contributed by atoms with Gasteiger partial charge < -0.3 is 5.32 Å². The third kappa shape index (κ3) is 3.00. The molecule has 0 aromatic rings. The fraction of sp³-hybridized carbons (Fsp3) is 0.750. The van der Waals surface area contributed by atoms with Crippen LogP contribution in [0.1, 0.15) is 0 Å². The first-order chi connectivity index (χ1) is 4.04. The molecule has 9 heavy (non-hydrogen) atoms. The summed E-state index contributed by atoms with van der Waals surface area (Å²) in [4.78, 5) is 10.8. The van der Waals surface area contributed by atoms with Crippen LogP contribution in [0.25, 0.3) is 0 Å². The first-order valence-corrected chi connectivity index (χ1v) is 4.91. The second-order valence-electron chi connectivity index (χ2n) is 1.42. The zero-order valence-corrected chi connectivity index (χ0v) is 9.51. The normalized spacial score (nSPS) is 11.1. The molecular weight excluding hydrogens is 318 g/mol. The molecule has 0 heterocycles. The lowest BCUT2D eigenvalue weighted by Gasteiger charge is -2.13. The van der Waals surface area contributed by atoms with Crippen molar-refractivity contribution in [3.05, 3.63) is 0 Å². The van der Waals surface area contributed by atoms with Crippen LogP contribution in [-0.4, -0.2) is 21.5 Å². The smallest absolute Gasteiger partial charge is 0.248 e. The van der Waals surface area contributed by atoms with Crippen molar-refractivity contribution < 1.29 is 4.79 Å². The van der Waals surface area contributed by atoms with Crippen molar-refractivity contribution in [2.45, 2.75) is 3.23 Å². The lowest BCUT2D eigenvalue weighted by Crippen LogP contribution is -2.36. The van der Waals surface area contributed by atoms with Gasteiger partial charge in [0.25, 0.3) is 0 Å². The fourth-order valence-electron chi connectivity index (χ4n) is 0.244. The molecular formula is C4H6Br3NO. The first-order valence-electron chi connectivity index (χ1n) is 2.20. The van der Waals surface area contributed by atoms with Crippen LogP contribution in [-0.2, 0) is 4.79 Å². The highest BCUT2D eigenvalue weighted by atomic mass is 79.9. The summed E-state index contributed by atoms with van der Waals surface area (Å²) < 4.78 is -0.658. The molecule has 0 atom stereocenters. The van der Waals surface area contributed by atoms with Crippen molar-refractivity contribution >= 4 is 53.7 Å². The molecule has 0 aromatic carbocycles. The molecule has 0 aliphatic carbocycles. The number of alkyl halides is 3. The first kappa shape index (κ1) is 9.91. The number of halogens is 3. The second-order valence-corrected chi connectivity index (χ2v) is 5.75. The standard InChI is InChI=1S/C4H6Br3NO/c1-8-3(9)4(6,7)2-5/h2H2,1H3,(H,8,9). The Morgan fingerprint density at radius 1 is 1.67 bits per heavy atom. The Hall–Kier alpha value is 0.910. The fourth-order valence-corrected chi connectivity index (χ4v) is 0.895. The number of carbonyl (C=O) groups excluding carboxylic acids is 1. The molecule has 0 aliphatic heterocycles. The Morgan fingerprint density at radius 2 is 2.11 bits per heavy atom. The van der Waals surface area contributed by atoms with Gasteiger partial charge in [-0.1, -0.05) is 47.8 Å². The molecule has 0 radical (unpaired) electrons. The van der Waals surface area contributed by atoms with E-state index in [1.165, 1.54) is 0 Å². The van der Waals surface area contributed by atoms with E-state index in [4.69, 9.17) is 0 Å². The third-order valence-corrected chi connectivity index (χ3v) is 4.35. The molecule has 0 bridgehead atoms. The van der Waals surface area contributed by atoms with Crippen molar-refractivity contribution in [2.24, 2.45) is 0 Å². The van der Waals surface area contributed by atoms with Gasteiger partial charge in [-0.3, -0.25) is 4.79 Å². The molecule has 0 spiro atoms. The van der Waals surface area contributed by atoms with Crippen LogP contribution < -0.4 is 5.32 Å². The van der Waals surface area contributed by atoms with E-state index in [-0.39, 0.29) is 5.91 Å². The zero-order valence-electron chi connectivity index (χ0n) is 4.75. The number of amides is 1. The van der Waals surface area contributed by atoms with Gasteiger partial charge in [0.05, 0.1) is 0 Å². The Kier molecular flexibility index (Phi) is 4.33. The van der Waals surface area contributed by atoms with Gasteiger partial charge >= 0.3 is 0 Å². The number of carbonyl (C=O) groups is 1. The summed E-state index contributed by atoms with van der Waals surface area (Å²) in [6.07, 6.45) is 0. The summed E-state index contributed by atoms with van der Waals surface area (Å²) in [7, 11) is 1.59. The van der Waals surface area contributed by atoms with Gasteiger partial charge in [0.2, 0.25) is 5.91 Å². The van der Waals surface area contributed by atoms with Crippen LogP contribution in [0.3, 0.4) is 0 Å². The minimum Gasteiger partial charge on any atom is -0.357 e. The second kappa shape index (κ2) is 3.93. The lowest BCUT2D eigenvalue weighted by atomic mass is 10.5. The van der Waals surface area contributed by atoms with Gasteiger partial charge in [0.1, 0.15) is 0 Å². The number of hydrogen-bond donors (Lipinski definition) is 1. The average molecular weight is 324 g/mol. The Bertz CT molecular complexity index is 114. The maximum absolute atomic E-state index is 10.8. The highest BCUT2D eigenvalue weighted by Gasteiger charge is 2.29. The van der Waals surface area contributed by atoms with Gasteiger partial charge in [-0.15, -0.1) is 0 Å². The van der Waals surface area contributed by atoms with E-state index in [2.05, 4.69) is 53.1 Å². The van der Waals surface area contributed by atoms with E-state index >= 15 is 0 Å². The van der Waals surface area contributed by atoms with Crippen LogP contribution in [0.2, 0.25) is 0 Å². The number of hydrogen-bond acceptors (Lipinski definition) is 1. The molecule has 1 N–H and O–H groups in total. The lowest BCUT2D eigenvalue weighted by molar-refractivity contribution is -0.120. The van der Waals surface area contributed by atoms with Crippen molar-refractivity contribution in [1.82, 2.24) is 5.32 Å². The van der Waals surface area contributed by atoms with Crippen molar-refractivity contribution in [3.63, 3.8) is 0 Å². The highest BCUT2D eigenvalue weighted by Crippen LogP contribution is 2.28. The molecule has 5 heteroatoms. The number of rotatable bonds is 2. The van der Waals surface area contributed by atoms with E-state index in [1.54, 1.807) is 7.05 Å². The number of nitrogens with one attached hydrogen (secondary N) is 1. The van der Waals surface area contributed by atoms with Gasteiger partial charge in [-0.25, -0.2) is 0 Å². The van der Waals surface area contributed by atoms with Gasteiger partial charge in [-0.2, -0.15) is 0 Å². The molecule has 0 aromatic heterocycles. The molecule has 0 saturated heterocycles. The maximum Gasteiger partial charge on any atom is 0.248 e. The van der Waals surface area contributed by atoms with E-state index < -0.39 is 3.23 Å². The summed E-state index contributed by atoms with van der Waals surface area (Å²) in [5.41, 5.74) is 0. The molecule has 0 unspecified atom stereocenters. The Labute approximate surface area is 79.1 Å². The summed E-state index contributed by atoms with van der Waals surface area (Å²) in [5.74, 6) is -0.0978. The highest BCUT2D eigenvalue weighted by molar-refractivity contribution is 9.26. The van der Waals surface area contributed by atoms with Crippen molar-refractivity contribution in [2.75, 3.05) is 12.4 Å². The summed E-state index contributed by atoms with van der Waals surface area (Å²) >= 11 is 9.49. The Balaban J connectivity index is 3.97. The van der Waals surface area contributed by atoms with Crippen LogP contribution >= 0.6 is 47.8 Å². The third-order valence-electron chi connectivity index (χ3n) is 0.727. The summed E-state index contributed by atoms with van der Waals surface area (Å²) in [6.45, 7) is 0. The average Bonchev–Trinajstić information content (AvgIpc) is 1.86. The van der Waals surface area contributed by atoms with E-state index in [1.807, 2.05) is 0 Å². The maximum atomic E-state index is 10.8. The largest absolute Gasteiger partial charge is 0.357 e. The monoisotopic (exact) mass is 321 g/mol. The van der Waals surface area contributed by atoms with E-state index in [0.29, 0.717) is 5.33 Å². The van der Waals surface area contributed by atoms with Crippen molar-refractivity contribution in [1.29, 1.82) is 0 Å². The summed E-state index contributed by atoms with van der Waals surface area (Å²) in [6, 6.07) is 0. The van der Waals surface area contributed by atoms with Crippen molar-refractivity contribution in [3.8, 4) is 0 Å². The van der Waals surface area contributed by atoms with Gasteiger partial charge in [0.15, 0.2) is 3.23 Å². The van der Waals surface area contributed by atoms with Crippen LogP contribution in [0.4, 0.5) is 0 Å². The predicted molar refractivity (Wildman–Crippen MR) is 48.4 cm³/mol. The van der Waals surface area contributed by atoms with Gasteiger partial charge in [-0.05, 0) is 0 Å². The van der Waals surface area contributed by atoms with Crippen LogP contribution in [0.15, 0.2) is 0 Å². The molecule has 1 amide bonds. The zero-order chi connectivity index (χ0) is 7.49. The molecule has 0 fully saturated rings. The van der Waals surface area contributed by atoms with E-state index in [0.717, 1.165) is 0 Å².